The number of hydrogen-bond donors (Lipinski definition) is 1. The average Bonchev–Trinajstić information content (AvgIpc) is 2.73. The third-order valence-electron chi connectivity index (χ3n) is 4.46. The minimum atomic E-state index is -5.78. The van der Waals surface area contributed by atoms with Crippen LogP contribution in [0.2, 0.25) is 10.0 Å². The van der Waals surface area contributed by atoms with Crippen molar-refractivity contribution in [3.63, 3.8) is 0 Å². The van der Waals surface area contributed by atoms with E-state index < -0.39 is 27.3 Å². The summed E-state index contributed by atoms with van der Waals surface area (Å²) in [4.78, 5) is 0. The number of nitrogens with zero attached hydrogens (tertiary/aromatic N) is 1. The third kappa shape index (κ3) is 5.35. The summed E-state index contributed by atoms with van der Waals surface area (Å²) >= 11 is 12.0. The molecule has 3 rings (SSSR count). The molecule has 0 amide bonds. The van der Waals surface area contributed by atoms with Gasteiger partial charge in [0, 0.05) is 10.0 Å². The number of halogens is 5. The molecule has 0 saturated heterocycles. The van der Waals surface area contributed by atoms with Crippen LogP contribution < -0.4 is 10.0 Å². The second-order valence-corrected chi connectivity index (χ2v) is 8.97. The second-order valence-electron chi connectivity index (χ2n) is 6.56. The van der Waals surface area contributed by atoms with Gasteiger partial charge in [-0.25, -0.2) is 0 Å². The quantitative estimate of drug-likeness (QED) is 0.154. The van der Waals surface area contributed by atoms with Crippen LogP contribution in [-0.4, -0.2) is 19.6 Å². The van der Waals surface area contributed by atoms with E-state index in [0.717, 1.165) is 17.7 Å². The highest BCUT2D eigenvalue weighted by atomic mass is 35.5. The Hall–Kier alpha value is -2.75. The highest BCUT2D eigenvalue weighted by Gasteiger charge is 2.48. The maximum Gasteiger partial charge on any atom is 0.534 e. The number of benzene rings is 3. The van der Waals surface area contributed by atoms with Crippen molar-refractivity contribution in [3.8, 4) is 5.75 Å². The lowest BCUT2D eigenvalue weighted by Crippen LogP contribution is -2.28. The van der Waals surface area contributed by atoms with Gasteiger partial charge in [-0.2, -0.15) is 26.7 Å². The van der Waals surface area contributed by atoms with Crippen LogP contribution in [0, 0.1) is 0 Å². The average molecular weight is 503 g/mol. The summed E-state index contributed by atoms with van der Waals surface area (Å²) in [6.45, 7) is 0. The summed E-state index contributed by atoms with van der Waals surface area (Å²) in [6, 6.07) is 18.8. The van der Waals surface area contributed by atoms with Crippen LogP contribution in [0.1, 0.15) is 22.6 Å². The van der Waals surface area contributed by atoms with Gasteiger partial charge < -0.3 is 10.0 Å². The SMILES string of the molecule is NN=C(c1ccc(Cl)cc1)C(c1ccc(Cl)cc1)c1ccc(OS(=O)(=O)C(F)(F)F)cc1. The van der Waals surface area contributed by atoms with Gasteiger partial charge in [0.1, 0.15) is 5.75 Å². The lowest BCUT2D eigenvalue weighted by Gasteiger charge is -2.21. The molecule has 1 unspecified atom stereocenters. The van der Waals surface area contributed by atoms with E-state index in [0.29, 0.717) is 26.9 Å². The van der Waals surface area contributed by atoms with Gasteiger partial charge >= 0.3 is 15.6 Å². The van der Waals surface area contributed by atoms with Gasteiger partial charge in [0.2, 0.25) is 0 Å². The summed E-state index contributed by atoms with van der Waals surface area (Å²) in [5.74, 6) is 4.67. The lowest BCUT2D eigenvalue weighted by molar-refractivity contribution is -0.0500. The van der Waals surface area contributed by atoms with Gasteiger partial charge in [0.15, 0.2) is 0 Å². The Balaban J connectivity index is 2.04. The zero-order chi connectivity index (χ0) is 23.5. The number of hydrazone groups is 1. The fourth-order valence-corrected chi connectivity index (χ4v) is 3.70. The van der Waals surface area contributed by atoms with Crippen molar-refractivity contribution in [1.82, 2.24) is 0 Å². The van der Waals surface area contributed by atoms with Crippen LogP contribution in [0.25, 0.3) is 0 Å². The highest BCUT2D eigenvalue weighted by Crippen LogP contribution is 2.33. The molecule has 11 heteroatoms. The summed E-state index contributed by atoms with van der Waals surface area (Å²) in [5.41, 5.74) is -3.11. The Labute approximate surface area is 192 Å². The molecule has 0 aliphatic heterocycles. The third-order valence-corrected chi connectivity index (χ3v) is 5.94. The maximum atomic E-state index is 12.6. The van der Waals surface area contributed by atoms with E-state index >= 15 is 0 Å². The number of rotatable bonds is 6. The van der Waals surface area contributed by atoms with E-state index in [1.807, 2.05) is 0 Å². The lowest BCUT2D eigenvalue weighted by atomic mass is 9.84. The van der Waals surface area contributed by atoms with Gasteiger partial charge in [-0.1, -0.05) is 59.6 Å². The standard InChI is InChI=1S/C21H15Cl2F3N2O3S/c22-16-7-1-13(2-8-16)19(20(28-27)15-3-9-17(23)10-4-15)14-5-11-18(12-6-14)31-32(29,30)21(24,25)26/h1-12,19H,27H2. The van der Waals surface area contributed by atoms with Gasteiger partial charge in [-0.15, -0.1) is 0 Å². The van der Waals surface area contributed by atoms with Crippen LogP contribution >= 0.6 is 23.2 Å². The van der Waals surface area contributed by atoms with E-state index in [2.05, 4.69) is 9.28 Å². The summed E-state index contributed by atoms with van der Waals surface area (Å²) in [7, 11) is -5.78. The van der Waals surface area contributed by atoms with Gasteiger partial charge in [0.05, 0.1) is 11.6 Å². The molecule has 3 aromatic rings. The molecule has 0 bridgehead atoms. The molecule has 1 atom stereocenters. The fourth-order valence-electron chi connectivity index (χ4n) is 2.99. The molecule has 0 saturated carbocycles. The van der Waals surface area contributed by atoms with E-state index in [1.54, 1.807) is 48.5 Å². The maximum absolute atomic E-state index is 12.6. The van der Waals surface area contributed by atoms with Crippen molar-refractivity contribution in [3.05, 3.63) is 99.5 Å². The minimum absolute atomic E-state index is 0.445. The van der Waals surface area contributed by atoms with Gasteiger partial charge in [0.25, 0.3) is 0 Å². The molecule has 168 valence electrons. The first-order valence-electron chi connectivity index (χ1n) is 8.92. The molecule has 0 aliphatic carbocycles. The molecule has 0 radical (unpaired) electrons. The molecule has 0 fully saturated rings. The van der Waals surface area contributed by atoms with Crippen LogP contribution in [0.15, 0.2) is 77.9 Å². The van der Waals surface area contributed by atoms with Gasteiger partial charge in [-0.3, -0.25) is 0 Å². The Morgan fingerprint density at radius 2 is 1.28 bits per heavy atom. The van der Waals surface area contributed by atoms with E-state index in [-0.39, 0.29) is 0 Å². The zero-order valence-corrected chi connectivity index (χ0v) is 18.4. The summed E-state index contributed by atoms with van der Waals surface area (Å²) < 4.78 is 64.4. The smallest absolute Gasteiger partial charge is 0.376 e. The summed E-state index contributed by atoms with van der Waals surface area (Å²) in [5, 5.41) is 4.96. The van der Waals surface area contributed by atoms with Crippen LogP contribution in [0.5, 0.6) is 5.75 Å². The Morgan fingerprint density at radius 3 is 1.72 bits per heavy atom. The van der Waals surface area contributed by atoms with Gasteiger partial charge in [-0.05, 0) is 53.1 Å². The number of hydrogen-bond acceptors (Lipinski definition) is 5. The Kier molecular flexibility index (Phi) is 7.02. The van der Waals surface area contributed by atoms with E-state index in [9.17, 15) is 21.6 Å². The molecular weight excluding hydrogens is 488 g/mol. The molecule has 0 spiro atoms. The Morgan fingerprint density at radius 1 is 0.844 bits per heavy atom. The topological polar surface area (TPSA) is 81.8 Å². The zero-order valence-electron chi connectivity index (χ0n) is 16.1. The van der Waals surface area contributed by atoms with Crippen LogP contribution in [-0.2, 0) is 10.1 Å². The highest BCUT2D eigenvalue weighted by molar-refractivity contribution is 7.88. The van der Waals surface area contributed by atoms with Crippen molar-refractivity contribution in [2.75, 3.05) is 0 Å². The first-order valence-corrected chi connectivity index (χ1v) is 11.1. The monoisotopic (exact) mass is 502 g/mol. The first-order chi connectivity index (χ1) is 15.0. The Bertz CT molecular complexity index is 1210. The van der Waals surface area contributed by atoms with Crippen molar-refractivity contribution in [2.45, 2.75) is 11.4 Å². The molecule has 0 heterocycles. The number of nitrogens with two attached hydrogens (primary N) is 1. The molecule has 5 nitrogen and oxygen atoms in total. The predicted molar refractivity (Wildman–Crippen MR) is 118 cm³/mol. The molecule has 2 N–H and O–H groups in total. The molecule has 0 aromatic heterocycles. The predicted octanol–water partition coefficient (Wildman–Crippen LogP) is 5.72. The normalized spacial score (nSPS) is 13.6. The van der Waals surface area contributed by atoms with Crippen LogP contribution in [0.3, 0.4) is 0 Å². The van der Waals surface area contributed by atoms with Crippen molar-refractivity contribution >= 4 is 39.0 Å². The second kappa shape index (κ2) is 9.40. The summed E-state index contributed by atoms with van der Waals surface area (Å²) in [6.07, 6.45) is 0. The molecule has 32 heavy (non-hydrogen) atoms. The molecule has 3 aromatic carbocycles. The number of alkyl halides is 3. The fraction of sp³-hybridized carbons (Fsp3) is 0.0952. The largest absolute Gasteiger partial charge is 0.534 e. The van der Waals surface area contributed by atoms with E-state index in [1.165, 1.54) is 12.1 Å². The van der Waals surface area contributed by atoms with Crippen molar-refractivity contribution in [2.24, 2.45) is 10.9 Å². The van der Waals surface area contributed by atoms with E-state index in [4.69, 9.17) is 29.0 Å². The van der Waals surface area contributed by atoms with Crippen molar-refractivity contribution < 1.29 is 25.8 Å². The minimum Gasteiger partial charge on any atom is -0.376 e. The molecular formula is C21H15Cl2F3N2O3S. The first kappa shape index (κ1) is 23.9. The van der Waals surface area contributed by atoms with Crippen molar-refractivity contribution in [1.29, 1.82) is 0 Å². The molecule has 0 aliphatic rings. The van der Waals surface area contributed by atoms with Crippen LogP contribution in [0.4, 0.5) is 13.2 Å².